The number of nitrogens with zero attached hydrogens (tertiary/aromatic N) is 1. The highest BCUT2D eigenvalue weighted by molar-refractivity contribution is 5.89. The fourth-order valence-corrected chi connectivity index (χ4v) is 1.35. The van der Waals surface area contributed by atoms with Crippen LogP contribution in [0.1, 0.15) is 12.5 Å². The molecule has 0 aliphatic heterocycles. The van der Waals surface area contributed by atoms with Crippen LogP contribution in [0.2, 0.25) is 0 Å². The summed E-state index contributed by atoms with van der Waals surface area (Å²) in [6, 6.07) is 3.81. The van der Waals surface area contributed by atoms with Crippen LogP contribution in [0.25, 0.3) is 0 Å². The van der Waals surface area contributed by atoms with Gasteiger partial charge in [0.2, 0.25) is 5.91 Å². The summed E-state index contributed by atoms with van der Waals surface area (Å²) < 4.78 is 0. The summed E-state index contributed by atoms with van der Waals surface area (Å²) in [6.07, 6.45) is -0.469. The lowest BCUT2D eigenvalue weighted by Crippen LogP contribution is -2.08. The Kier molecular flexibility index (Phi) is 3.76. The van der Waals surface area contributed by atoms with Gasteiger partial charge in [-0.2, -0.15) is 0 Å². The maximum atomic E-state index is 10.8. The zero-order valence-electron chi connectivity index (χ0n) is 8.97. The van der Waals surface area contributed by atoms with Crippen LogP contribution >= 0.6 is 0 Å². The van der Waals surface area contributed by atoms with Gasteiger partial charge in [-0.05, 0) is 12.1 Å². The molecule has 0 aromatic heterocycles. The van der Waals surface area contributed by atoms with Crippen LogP contribution < -0.4 is 5.32 Å². The first-order valence-electron chi connectivity index (χ1n) is 4.67. The third-order valence-electron chi connectivity index (χ3n) is 1.94. The fourth-order valence-electron chi connectivity index (χ4n) is 1.35. The van der Waals surface area contributed by atoms with Crippen LogP contribution in [0, 0.1) is 10.1 Å². The topological polar surface area (TPSA) is 110 Å². The molecule has 0 saturated carbocycles. The van der Waals surface area contributed by atoms with E-state index >= 15 is 0 Å². The summed E-state index contributed by atoms with van der Waals surface area (Å²) in [5.41, 5.74) is 0.106. The van der Waals surface area contributed by atoms with Crippen molar-refractivity contribution in [1.29, 1.82) is 0 Å². The number of aliphatic carboxylic acids is 1. The molecule has 0 fully saturated rings. The molecule has 0 spiro atoms. The molecule has 7 nitrogen and oxygen atoms in total. The second kappa shape index (κ2) is 5.06. The number of carbonyl (C=O) groups is 2. The zero-order valence-corrected chi connectivity index (χ0v) is 8.97. The molecule has 0 aliphatic carbocycles. The number of benzene rings is 1. The number of anilines is 1. The van der Waals surface area contributed by atoms with Crippen LogP contribution in [0.5, 0.6) is 0 Å². The van der Waals surface area contributed by atoms with E-state index < -0.39 is 17.3 Å². The fraction of sp³-hybridized carbons (Fsp3) is 0.200. The largest absolute Gasteiger partial charge is 0.481 e. The van der Waals surface area contributed by atoms with Gasteiger partial charge in [-0.15, -0.1) is 0 Å². The quantitative estimate of drug-likeness (QED) is 0.604. The monoisotopic (exact) mass is 238 g/mol. The average molecular weight is 238 g/mol. The average Bonchev–Trinajstić information content (AvgIpc) is 2.15. The molecule has 0 bridgehead atoms. The first-order valence-corrected chi connectivity index (χ1v) is 4.67. The van der Waals surface area contributed by atoms with Crippen molar-refractivity contribution in [2.45, 2.75) is 13.3 Å². The normalized spacial score (nSPS) is 9.71. The third kappa shape index (κ3) is 3.56. The van der Waals surface area contributed by atoms with Gasteiger partial charge in [0.1, 0.15) is 0 Å². The molecule has 1 rings (SSSR count). The number of carboxylic acid groups (broad SMARTS) is 1. The molecule has 90 valence electrons. The molecule has 7 heteroatoms. The number of carbonyl (C=O) groups excluding carboxylic acids is 1. The SMILES string of the molecule is CC(=O)Nc1ccc([N+](=O)[O-])c(CC(=O)O)c1. The molecular weight excluding hydrogens is 228 g/mol. The Morgan fingerprint density at radius 1 is 1.47 bits per heavy atom. The van der Waals surface area contributed by atoms with Gasteiger partial charge in [-0.3, -0.25) is 19.7 Å². The van der Waals surface area contributed by atoms with E-state index in [9.17, 15) is 19.7 Å². The van der Waals surface area contributed by atoms with Gasteiger partial charge in [0.05, 0.1) is 11.3 Å². The van der Waals surface area contributed by atoms with E-state index in [1.54, 1.807) is 0 Å². The molecule has 1 aromatic carbocycles. The van der Waals surface area contributed by atoms with Crippen molar-refractivity contribution in [1.82, 2.24) is 0 Å². The first kappa shape index (κ1) is 12.6. The van der Waals surface area contributed by atoms with Crippen molar-refractivity contribution in [2.24, 2.45) is 0 Å². The van der Waals surface area contributed by atoms with Crippen molar-refractivity contribution in [2.75, 3.05) is 5.32 Å². The van der Waals surface area contributed by atoms with Gasteiger partial charge < -0.3 is 10.4 Å². The Labute approximate surface area is 96.2 Å². The van der Waals surface area contributed by atoms with E-state index in [1.165, 1.54) is 25.1 Å². The van der Waals surface area contributed by atoms with Gasteiger partial charge in [0.25, 0.3) is 5.69 Å². The third-order valence-corrected chi connectivity index (χ3v) is 1.94. The Balaban J connectivity index is 3.13. The minimum atomic E-state index is -1.17. The highest BCUT2D eigenvalue weighted by Crippen LogP contribution is 2.23. The zero-order chi connectivity index (χ0) is 13.0. The molecule has 0 radical (unpaired) electrons. The standard InChI is InChI=1S/C10H10N2O5/c1-6(13)11-8-2-3-9(12(16)17)7(4-8)5-10(14)15/h2-4H,5H2,1H3,(H,11,13)(H,14,15). The van der Waals surface area contributed by atoms with Crippen molar-refractivity contribution in [3.63, 3.8) is 0 Å². The summed E-state index contributed by atoms with van der Waals surface area (Å²) >= 11 is 0. The number of nitrogens with one attached hydrogen (secondary N) is 1. The van der Waals surface area contributed by atoms with Crippen LogP contribution in [0.3, 0.4) is 0 Å². The summed E-state index contributed by atoms with van der Waals surface area (Å²) in [4.78, 5) is 31.4. The summed E-state index contributed by atoms with van der Waals surface area (Å²) in [7, 11) is 0. The van der Waals surface area contributed by atoms with Crippen molar-refractivity contribution in [3.8, 4) is 0 Å². The number of rotatable bonds is 4. The van der Waals surface area contributed by atoms with Crippen molar-refractivity contribution < 1.29 is 19.6 Å². The second-order valence-electron chi connectivity index (χ2n) is 3.35. The van der Waals surface area contributed by atoms with Crippen molar-refractivity contribution >= 4 is 23.3 Å². The number of hydrogen-bond acceptors (Lipinski definition) is 4. The highest BCUT2D eigenvalue weighted by Gasteiger charge is 2.16. The Morgan fingerprint density at radius 3 is 2.59 bits per heavy atom. The van der Waals surface area contributed by atoms with Crippen molar-refractivity contribution in [3.05, 3.63) is 33.9 Å². The van der Waals surface area contributed by atoms with Gasteiger partial charge in [-0.25, -0.2) is 0 Å². The molecule has 17 heavy (non-hydrogen) atoms. The molecule has 2 N–H and O–H groups in total. The van der Waals surface area contributed by atoms with Gasteiger partial charge >= 0.3 is 5.97 Å². The van der Waals surface area contributed by atoms with Gasteiger partial charge in [0, 0.05) is 24.2 Å². The molecule has 0 saturated heterocycles. The number of nitro groups is 1. The van der Waals surface area contributed by atoms with E-state index in [2.05, 4.69) is 5.32 Å². The number of hydrogen-bond donors (Lipinski definition) is 2. The molecule has 0 unspecified atom stereocenters. The lowest BCUT2D eigenvalue weighted by molar-refractivity contribution is -0.385. The van der Waals surface area contributed by atoms with E-state index in [1.807, 2.05) is 0 Å². The van der Waals surface area contributed by atoms with Crippen LogP contribution in [-0.4, -0.2) is 21.9 Å². The second-order valence-corrected chi connectivity index (χ2v) is 3.35. The molecule has 0 heterocycles. The summed E-state index contributed by atoms with van der Waals surface area (Å²) in [5.74, 6) is -1.51. The maximum Gasteiger partial charge on any atom is 0.308 e. The molecule has 0 aliphatic rings. The van der Waals surface area contributed by atoms with Gasteiger partial charge in [0.15, 0.2) is 0 Å². The Morgan fingerprint density at radius 2 is 2.12 bits per heavy atom. The molecule has 1 amide bonds. The lowest BCUT2D eigenvalue weighted by Gasteiger charge is -2.05. The first-order chi connectivity index (χ1) is 7.90. The molecule has 0 atom stereocenters. The van der Waals surface area contributed by atoms with Gasteiger partial charge in [-0.1, -0.05) is 0 Å². The van der Waals surface area contributed by atoms with Crippen LogP contribution in [0.15, 0.2) is 18.2 Å². The highest BCUT2D eigenvalue weighted by atomic mass is 16.6. The van der Waals surface area contributed by atoms with E-state index in [4.69, 9.17) is 5.11 Å². The van der Waals surface area contributed by atoms with E-state index in [-0.39, 0.29) is 17.2 Å². The predicted octanol–water partition coefficient (Wildman–Crippen LogP) is 1.18. The van der Waals surface area contributed by atoms with Crippen LogP contribution in [-0.2, 0) is 16.0 Å². The summed E-state index contributed by atoms with van der Waals surface area (Å²) in [6.45, 7) is 1.29. The smallest absolute Gasteiger partial charge is 0.308 e. The minimum absolute atomic E-state index is 0.0498. The summed E-state index contributed by atoms with van der Waals surface area (Å²) in [5, 5.41) is 21.7. The maximum absolute atomic E-state index is 10.8. The number of amides is 1. The molecule has 1 aromatic rings. The van der Waals surface area contributed by atoms with E-state index in [0.29, 0.717) is 5.69 Å². The number of carboxylic acids is 1. The lowest BCUT2D eigenvalue weighted by atomic mass is 10.1. The van der Waals surface area contributed by atoms with Crippen LogP contribution in [0.4, 0.5) is 11.4 Å². The Bertz CT molecular complexity index is 484. The molecular formula is C10H10N2O5. The minimum Gasteiger partial charge on any atom is -0.481 e. The number of nitro benzene ring substituents is 1. The predicted molar refractivity (Wildman–Crippen MR) is 58.7 cm³/mol. The van der Waals surface area contributed by atoms with E-state index in [0.717, 1.165) is 0 Å². The Hall–Kier alpha value is -2.44.